The maximum Gasteiger partial charge on any atom is 0.185 e. The summed E-state index contributed by atoms with van der Waals surface area (Å²) in [5, 5.41) is 7.61. The SMILES string of the molecule is Nc1ncnc2c1[C@H](Br)N=N2. The normalized spacial score (nSPS) is 20.3. The van der Waals surface area contributed by atoms with Crippen LogP contribution in [0.1, 0.15) is 10.5 Å². The molecule has 2 rings (SSSR count). The molecule has 5 nitrogen and oxygen atoms in total. The zero-order valence-electron chi connectivity index (χ0n) is 5.40. The molecule has 11 heavy (non-hydrogen) atoms. The van der Waals surface area contributed by atoms with Gasteiger partial charge in [0.2, 0.25) is 0 Å². The molecule has 0 aliphatic carbocycles. The lowest BCUT2D eigenvalue weighted by Gasteiger charge is -1.99. The summed E-state index contributed by atoms with van der Waals surface area (Å²) in [7, 11) is 0. The highest BCUT2D eigenvalue weighted by atomic mass is 79.9. The van der Waals surface area contributed by atoms with Crippen LogP contribution in [0.25, 0.3) is 0 Å². The number of anilines is 1. The number of aromatic nitrogens is 2. The minimum Gasteiger partial charge on any atom is -0.383 e. The summed E-state index contributed by atoms with van der Waals surface area (Å²) in [6.45, 7) is 0. The number of nitrogen functional groups attached to an aromatic ring is 1. The molecule has 0 aromatic carbocycles. The fourth-order valence-electron chi connectivity index (χ4n) is 0.871. The van der Waals surface area contributed by atoms with Gasteiger partial charge in [0.25, 0.3) is 0 Å². The van der Waals surface area contributed by atoms with Crippen molar-refractivity contribution in [1.82, 2.24) is 9.97 Å². The lowest BCUT2D eigenvalue weighted by atomic mass is 10.3. The molecule has 0 spiro atoms. The van der Waals surface area contributed by atoms with E-state index in [1.165, 1.54) is 6.33 Å². The van der Waals surface area contributed by atoms with Gasteiger partial charge in [-0.05, 0) is 0 Å². The Kier molecular flexibility index (Phi) is 1.35. The van der Waals surface area contributed by atoms with Crippen LogP contribution in [0.4, 0.5) is 11.6 Å². The van der Waals surface area contributed by atoms with Gasteiger partial charge in [-0.3, -0.25) is 0 Å². The number of hydrogen-bond acceptors (Lipinski definition) is 5. The number of halogens is 1. The molecule has 6 heteroatoms. The van der Waals surface area contributed by atoms with E-state index in [9.17, 15) is 0 Å². The Balaban J connectivity index is 2.65. The van der Waals surface area contributed by atoms with Gasteiger partial charge in [0.05, 0.1) is 5.56 Å². The lowest BCUT2D eigenvalue weighted by Crippen LogP contribution is -1.97. The third-order valence-corrected chi connectivity index (χ3v) is 2.03. The van der Waals surface area contributed by atoms with Crippen LogP contribution < -0.4 is 5.73 Å². The van der Waals surface area contributed by atoms with Gasteiger partial charge in [-0.2, -0.15) is 5.11 Å². The second-order valence-corrected chi connectivity index (χ2v) is 2.91. The summed E-state index contributed by atoms with van der Waals surface area (Å²) in [5.41, 5.74) is 6.32. The fourth-order valence-corrected chi connectivity index (χ4v) is 1.40. The highest BCUT2D eigenvalue weighted by Gasteiger charge is 2.22. The lowest BCUT2D eigenvalue weighted by molar-refractivity contribution is 1.02. The van der Waals surface area contributed by atoms with Crippen LogP contribution >= 0.6 is 15.9 Å². The quantitative estimate of drug-likeness (QED) is 0.525. The van der Waals surface area contributed by atoms with E-state index in [0.717, 1.165) is 5.56 Å². The van der Waals surface area contributed by atoms with Gasteiger partial charge in [0.1, 0.15) is 12.1 Å². The minimum absolute atomic E-state index is 0.182. The van der Waals surface area contributed by atoms with Crippen molar-refractivity contribution in [3.8, 4) is 0 Å². The molecule has 0 unspecified atom stereocenters. The van der Waals surface area contributed by atoms with E-state index in [2.05, 4.69) is 36.1 Å². The van der Waals surface area contributed by atoms with Crippen LogP contribution in [0.5, 0.6) is 0 Å². The van der Waals surface area contributed by atoms with Gasteiger partial charge in [0.15, 0.2) is 10.8 Å². The first kappa shape index (κ1) is 6.66. The molecule has 0 bridgehead atoms. The molecule has 56 valence electrons. The molecule has 2 N–H and O–H groups in total. The van der Waals surface area contributed by atoms with E-state index in [0.29, 0.717) is 11.6 Å². The van der Waals surface area contributed by atoms with E-state index < -0.39 is 0 Å². The molecule has 1 aromatic rings. The monoisotopic (exact) mass is 213 g/mol. The maximum atomic E-state index is 5.56. The van der Waals surface area contributed by atoms with Crippen LogP contribution in [0.2, 0.25) is 0 Å². The highest BCUT2D eigenvalue weighted by Crippen LogP contribution is 2.39. The van der Waals surface area contributed by atoms with Crippen LogP contribution in [0.3, 0.4) is 0 Å². The third-order valence-electron chi connectivity index (χ3n) is 1.39. The molecular formula is C5H4BrN5. The van der Waals surface area contributed by atoms with E-state index in [1.807, 2.05) is 0 Å². The predicted octanol–water partition coefficient (Wildman–Crippen LogP) is 1.55. The van der Waals surface area contributed by atoms with Gasteiger partial charge in [-0.15, -0.1) is 5.11 Å². The van der Waals surface area contributed by atoms with Crippen molar-refractivity contribution in [2.75, 3.05) is 5.73 Å². The Morgan fingerprint density at radius 2 is 2.27 bits per heavy atom. The third kappa shape index (κ3) is 0.900. The number of fused-ring (bicyclic) bond motifs is 1. The van der Waals surface area contributed by atoms with Crippen molar-refractivity contribution in [2.24, 2.45) is 10.2 Å². The van der Waals surface area contributed by atoms with Crippen molar-refractivity contribution in [3.63, 3.8) is 0 Å². The Labute approximate surface area is 70.9 Å². The summed E-state index contributed by atoms with van der Waals surface area (Å²) in [6, 6.07) is 0. The molecule has 1 aliphatic rings. The predicted molar refractivity (Wildman–Crippen MR) is 42.6 cm³/mol. The maximum absolute atomic E-state index is 5.56. The number of rotatable bonds is 0. The number of azo groups is 1. The molecule has 0 fully saturated rings. The summed E-state index contributed by atoms with van der Waals surface area (Å²) in [6.07, 6.45) is 1.37. The van der Waals surface area contributed by atoms with E-state index in [-0.39, 0.29) is 4.95 Å². The van der Waals surface area contributed by atoms with Gasteiger partial charge in [-0.25, -0.2) is 9.97 Å². The zero-order chi connectivity index (χ0) is 7.84. The van der Waals surface area contributed by atoms with Crippen molar-refractivity contribution >= 4 is 27.6 Å². The largest absolute Gasteiger partial charge is 0.383 e. The zero-order valence-corrected chi connectivity index (χ0v) is 6.98. The number of alkyl halides is 1. The number of hydrogen-bond donors (Lipinski definition) is 1. The Hall–Kier alpha value is -1.04. The Bertz CT molecular complexity index is 323. The van der Waals surface area contributed by atoms with Crippen molar-refractivity contribution < 1.29 is 0 Å². The molecule has 0 radical (unpaired) electrons. The Morgan fingerprint density at radius 3 is 3.00 bits per heavy atom. The smallest absolute Gasteiger partial charge is 0.185 e. The van der Waals surface area contributed by atoms with Gasteiger partial charge in [0, 0.05) is 0 Å². The first-order chi connectivity index (χ1) is 5.29. The molecule has 1 aromatic heterocycles. The molecule has 0 amide bonds. The summed E-state index contributed by atoms with van der Waals surface area (Å²) < 4.78 is 0. The number of nitrogens with zero attached hydrogens (tertiary/aromatic N) is 4. The standard InChI is InChI=1S/C5H4BrN5/c6-3-2-4(7)8-1-9-5(2)11-10-3/h1,3H,(H2,7,8,9)/t3-/m1/s1. The van der Waals surface area contributed by atoms with E-state index in [1.54, 1.807) is 0 Å². The van der Waals surface area contributed by atoms with Crippen LogP contribution in [0.15, 0.2) is 16.6 Å². The Morgan fingerprint density at radius 1 is 1.45 bits per heavy atom. The van der Waals surface area contributed by atoms with Gasteiger partial charge in [-0.1, -0.05) is 15.9 Å². The molecule has 0 saturated heterocycles. The number of nitrogens with two attached hydrogens (primary N) is 1. The average Bonchev–Trinajstić information content (AvgIpc) is 2.34. The van der Waals surface area contributed by atoms with Crippen LogP contribution in [0, 0.1) is 0 Å². The molecule has 1 aliphatic heterocycles. The molecule has 0 saturated carbocycles. The van der Waals surface area contributed by atoms with Crippen LogP contribution in [-0.4, -0.2) is 9.97 Å². The second-order valence-electron chi connectivity index (χ2n) is 2.05. The molecular weight excluding hydrogens is 210 g/mol. The van der Waals surface area contributed by atoms with Gasteiger partial charge < -0.3 is 5.73 Å². The van der Waals surface area contributed by atoms with E-state index >= 15 is 0 Å². The molecule has 1 atom stereocenters. The van der Waals surface area contributed by atoms with Crippen molar-refractivity contribution in [2.45, 2.75) is 4.95 Å². The first-order valence-corrected chi connectivity index (χ1v) is 3.86. The second kappa shape index (κ2) is 2.23. The van der Waals surface area contributed by atoms with Crippen molar-refractivity contribution in [1.29, 1.82) is 0 Å². The minimum atomic E-state index is -0.182. The molecule has 2 heterocycles. The summed E-state index contributed by atoms with van der Waals surface area (Å²) in [5.74, 6) is 0.987. The average molecular weight is 214 g/mol. The summed E-state index contributed by atoms with van der Waals surface area (Å²) in [4.78, 5) is 7.53. The first-order valence-electron chi connectivity index (χ1n) is 2.94. The fraction of sp³-hybridized carbons (Fsp3) is 0.200. The summed E-state index contributed by atoms with van der Waals surface area (Å²) >= 11 is 3.27. The van der Waals surface area contributed by atoms with E-state index in [4.69, 9.17) is 5.73 Å². The van der Waals surface area contributed by atoms with Gasteiger partial charge >= 0.3 is 0 Å². The topological polar surface area (TPSA) is 76.5 Å². The highest BCUT2D eigenvalue weighted by molar-refractivity contribution is 9.09. The van der Waals surface area contributed by atoms with Crippen LogP contribution in [-0.2, 0) is 0 Å². The van der Waals surface area contributed by atoms with Crippen molar-refractivity contribution in [3.05, 3.63) is 11.9 Å².